The van der Waals surface area contributed by atoms with Gasteiger partial charge in [-0.1, -0.05) is 0 Å². The maximum Gasteiger partial charge on any atom is 0.410 e. The molecule has 0 aliphatic carbocycles. The minimum absolute atomic E-state index is 0.184. The highest BCUT2D eigenvalue weighted by Gasteiger charge is 2.32. The minimum Gasteiger partial charge on any atom is -0.444 e. The molecule has 1 N–H and O–H groups in total. The monoisotopic (exact) mass is 298 g/mol. The van der Waals surface area contributed by atoms with Gasteiger partial charge < -0.3 is 19.7 Å². The van der Waals surface area contributed by atoms with E-state index in [1.165, 1.54) is 0 Å². The smallest absolute Gasteiger partial charge is 0.410 e. The van der Waals surface area contributed by atoms with Gasteiger partial charge in [0.05, 0.1) is 6.10 Å². The third kappa shape index (κ3) is 4.85. The predicted molar refractivity (Wildman–Crippen MR) is 82.4 cm³/mol. The largest absolute Gasteiger partial charge is 0.444 e. The fraction of sp³-hybridized carbons (Fsp3) is 0.938. The van der Waals surface area contributed by atoms with E-state index in [1.807, 2.05) is 25.7 Å². The molecule has 2 saturated heterocycles. The summed E-state index contributed by atoms with van der Waals surface area (Å²) in [7, 11) is 0. The van der Waals surface area contributed by atoms with Crippen molar-refractivity contribution in [2.45, 2.75) is 77.2 Å². The van der Waals surface area contributed by atoms with Gasteiger partial charge in [0.25, 0.3) is 0 Å². The van der Waals surface area contributed by atoms with Gasteiger partial charge in [0.15, 0.2) is 0 Å². The molecule has 0 saturated carbocycles. The van der Waals surface area contributed by atoms with Crippen LogP contribution in [0.3, 0.4) is 0 Å². The molecule has 2 aliphatic rings. The summed E-state index contributed by atoms with van der Waals surface area (Å²) in [4.78, 5) is 14.1. The van der Waals surface area contributed by atoms with Gasteiger partial charge >= 0.3 is 6.09 Å². The Kier molecular flexibility index (Phi) is 5.49. The van der Waals surface area contributed by atoms with Crippen LogP contribution >= 0.6 is 0 Å². The first-order valence-electron chi connectivity index (χ1n) is 8.21. The standard InChI is InChI=1S/C16H30N2O3/c1-12(14-8-6-10-20-14)17-11-13-7-5-9-18(13)15(19)21-16(2,3)4/h12-14,17H,5-11H2,1-4H3. The van der Waals surface area contributed by atoms with E-state index >= 15 is 0 Å². The maximum atomic E-state index is 12.2. The SMILES string of the molecule is CC(NCC1CCCN1C(=O)OC(C)(C)C)C1CCCO1. The van der Waals surface area contributed by atoms with Crippen LogP contribution in [0.2, 0.25) is 0 Å². The summed E-state index contributed by atoms with van der Waals surface area (Å²) in [5.41, 5.74) is -0.428. The summed E-state index contributed by atoms with van der Waals surface area (Å²) in [5.74, 6) is 0. The summed E-state index contributed by atoms with van der Waals surface area (Å²) < 4.78 is 11.2. The number of rotatable bonds is 4. The molecule has 5 nitrogen and oxygen atoms in total. The van der Waals surface area contributed by atoms with E-state index in [1.54, 1.807) is 0 Å². The molecule has 0 aromatic heterocycles. The molecule has 2 heterocycles. The minimum atomic E-state index is -0.428. The molecule has 0 bridgehead atoms. The molecule has 2 fully saturated rings. The number of likely N-dealkylation sites (tertiary alicyclic amines) is 1. The van der Waals surface area contributed by atoms with Gasteiger partial charge in [0, 0.05) is 31.8 Å². The van der Waals surface area contributed by atoms with Gasteiger partial charge in [-0.3, -0.25) is 0 Å². The molecule has 0 aromatic carbocycles. The van der Waals surface area contributed by atoms with Gasteiger partial charge in [0.2, 0.25) is 0 Å². The third-order valence-electron chi connectivity index (χ3n) is 4.20. The molecular formula is C16H30N2O3. The van der Waals surface area contributed by atoms with Crippen molar-refractivity contribution in [3.63, 3.8) is 0 Å². The van der Waals surface area contributed by atoms with Crippen molar-refractivity contribution in [3.8, 4) is 0 Å². The van der Waals surface area contributed by atoms with E-state index in [2.05, 4.69) is 12.2 Å². The lowest BCUT2D eigenvalue weighted by Crippen LogP contribution is -2.47. The second-order valence-corrected chi connectivity index (χ2v) is 7.22. The van der Waals surface area contributed by atoms with Crippen LogP contribution in [0, 0.1) is 0 Å². The van der Waals surface area contributed by atoms with Gasteiger partial charge in [0.1, 0.15) is 5.60 Å². The molecule has 1 amide bonds. The highest BCUT2D eigenvalue weighted by atomic mass is 16.6. The zero-order chi connectivity index (χ0) is 15.5. The predicted octanol–water partition coefficient (Wildman–Crippen LogP) is 2.54. The van der Waals surface area contributed by atoms with Crippen LogP contribution in [-0.2, 0) is 9.47 Å². The van der Waals surface area contributed by atoms with Gasteiger partial charge in [-0.2, -0.15) is 0 Å². The van der Waals surface area contributed by atoms with E-state index in [0.29, 0.717) is 12.1 Å². The first-order chi connectivity index (χ1) is 9.87. The summed E-state index contributed by atoms with van der Waals surface area (Å²) in [6.45, 7) is 10.4. The van der Waals surface area contributed by atoms with E-state index in [-0.39, 0.29) is 12.1 Å². The van der Waals surface area contributed by atoms with Crippen molar-refractivity contribution in [2.75, 3.05) is 19.7 Å². The van der Waals surface area contributed by atoms with E-state index < -0.39 is 5.60 Å². The maximum absolute atomic E-state index is 12.2. The Morgan fingerprint density at radius 1 is 1.38 bits per heavy atom. The fourth-order valence-corrected chi connectivity index (χ4v) is 3.06. The number of hydrogen-bond acceptors (Lipinski definition) is 4. The van der Waals surface area contributed by atoms with E-state index in [4.69, 9.17) is 9.47 Å². The molecule has 3 unspecified atom stereocenters. The topological polar surface area (TPSA) is 50.8 Å². The van der Waals surface area contributed by atoms with Gasteiger partial charge in [-0.15, -0.1) is 0 Å². The van der Waals surface area contributed by atoms with Crippen molar-refractivity contribution in [3.05, 3.63) is 0 Å². The molecule has 5 heteroatoms. The number of hydrogen-bond donors (Lipinski definition) is 1. The number of amides is 1. The van der Waals surface area contributed by atoms with Crippen LogP contribution in [0.25, 0.3) is 0 Å². The molecule has 2 aliphatic heterocycles. The van der Waals surface area contributed by atoms with Crippen molar-refractivity contribution in [2.24, 2.45) is 0 Å². The fourth-order valence-electron chi connectivity index (χ4n) is 3.06. The van der Waals surface area contributed by atoms with Gasteiger partial charge in [-0.25, -0.2) is 4.79 Å². The lowest BCUT2D eigenvalue weighted by Gasteiger charge is -2.30. The van der Waals surface area contributed by atoms with E-state index in [0.717, 1.165) is 45.4 Å². The quantitative estimate of drug-likeness (QED) is 0.866. The van der Waals surface area contributed by atoms with Gasteiger partial charge in [-0.05, 0) is 53.4 Å². The molecule has 0 aromatic rings. The van der Waals surface area contributed by atoms with Crippen LogP contribution in [0.4, 0.5) is 4.79 Å². The highest BCUT2D eigenvalue weighted by Crippen LogP contribution is 2.21. The average Bonchev–Trinajstić information content (AvgIpc) is 3.04. The Morgan fingerprint density at radius 3 is 2.76 bits per heavy atom. The Balaban J connectivity index is 1.80. The molecular weight excluding hydrogens is 268 g/mol. The van der Waals surface area contributed by atoms with Crippen LogP contribution in [0.15, 0.2) is 0 Å². The zero-order valence-electron chi connectivity index (χ0n) is 13.9. The lowest BCUT2D eigenvalue weighted by atomic mass is 10.1. The molecule has 0 spiro atoms. The van der Waals surface area contributed by atoms with Crippen LogP contribution in [0.5, 0.6) is 0 Å². The van der Waals surface area contributed by atoms with Crippen LogP contribution in [0.1, 0.15) is 53.4 Å². The summed E-state index contributed by atoms with van der Waals surface area (Å²) in [5, 5.41) is 3.54. The Hall–Kier alpha value is -0.810. The number of carbonyl (C=O) groups is 1. The number of ether oxygens (including phenoxy) is 2. The van der Waals surface area contributed by atoms with Crippen molar-refractivity contribution in [1.82, 2.24) is 10.2 Å². The highest BCUT2D eigenvalue weighted by molar-refractivity contribution is 5.69. The molecule has 21 heavy (non-hydrogen) atoms. The average molecular weight is 298 g/mol. The molecule has 3 atom stereocenters. The molecule has 2 rings (SSSR count). The number of nitrogens with one attached hydrogen (secondary N) is 1. The normalized spacial score (nSPS) is 27.9. The number of carbonyl (C=O) groups excluding carboxylic acids is 1. The summed E-state index contributed by atoms with van der Waals surface area (Å²) in [6, 6.07) is 0.581. The van der Waals surface area contributed by atoms with E-state index in [9.17, 15) is 4.79 Å². The second-order valence-electron chi connectivity index (χ2n) is 7.22. The van der Waals surface area contributed by atoms with Crippen molar-refractivity contribution in [1.29, 1.82) is 0 Å². The second kappa shape index (κ2) is 6.97. The Morgan fingerprint density at radius 2 is 2.14 bits per heavy atom. The third-order valence-corrected chi connectivity index (χ3v) is 4.20. The van der Waals surface area contributed by atoms with Crippen LogP contribution < -0.4 is 5.32 Å². The first kappa shape index (κ1) is 16.6. The summed E-state index contributed by atoms with van der Waals surface area (Å²) in [6.07, 6.45) is 4.53. The first-order valence-corrected chi connectivity index (χ1v) is 8.21. The zero-order valence-corrected chi connectivity index (χ0v) is 13.9. The summed E-state index contributed by atoms with van der Waals surface area (Å²) >= 11 is 0. The van der Waals surface area contributed by atoms with Crippen molar-refractivity contribution >= 4 is 6.09 Å². The Labute approximate surface area is 128 Å². The lowest BCUT2D eigenvalue weighted by molar-refractivity contribution is 0.0218. The Bertz CT molecular complexity index is 348. The number of nitrogens with zero attached hydrogens (tertiary/aromatic N) is 1. The van der Waals surface area contributed by atoms with Crippen LogP contribution in [-0.4, -0.2) is 54.5 Å². The molecule has 122 valence electrons. The van der Waals surface area contributed by atoms with Crippen molar-refractivity contribution < 1.29 is 14.3 Å². The molecule has 0 radical (unpaired) electrons.